The van der Waals surface area contributed by atoms with Gasteiger partial charge < -0.3 is 19.9 Å². The molecule has 1 aromatic rings. The highest BCUT2D eigenvalue weighted by Crippen LogP contribution is 2.34. The Balaban J connectivity index is 1.77. The van der Waals surface area contributed by atoms with E-state index in [1.807, 2.05) is 19.0 Å². The van der Waals surface area contributed by atoms with Crippen LogP contribution in [0.25, 0.3) is 0 Å². The van der Waals surface area contributed by atoms with E-state index < -0.39 is 0 Å². The number of nitrogens with one attached hydrogen (secondary N) is 1. The Bertz CT molecular complexity index is 526. The van der Waals surface area contributed by atoms with Gasteiger partial charge >= 0.3 is 0 Å². The topological polar surface area (TPSA) is 44.8 Å². The molecule has 2 aliphatic heterocycles. The first-order valence-corrected chi connectivity index (χ1v) is 8.07. The number of ether oxygens (including phenoxy) is 1. The van der Waals surface area contributed by atoms with Crippen molar-refractivity contribution >= 4 is 11.6 Å². The maximum Gasteiger partial charge on any atom is 0.253 e. The second kappa shape index (κ2) is 6.67. The number of likely N-dealkylation sites (tertiary alicyclic amines) is 1. The standard InChI is InChI=1S/C17H25N3O2/c1-19(2)14-6-3-5-13(11-14)15-7-4-9-20(15)17(21)16-12-18-8-10-22-16/h3,5-6,11,15-16,18H,4,7-10,12H2,1-2H3. The van der Waals surface area contributed by atoms with Crippen molar-refractivity contribution in [2.24, 2.45) is 0 Å². The Morgan fingerprint density at radius 2 is 2.27 bits per heavy atom. The fourth-order valence-electron chi connectivity index (χ4n) is 3.30. The fourth-order valence-corrected chi connectivity index (χ4v) is 3.30. The molecule has 2 heterocycles. The molecule has 2 saturated heterocycles. The van der Waals surface area contributed by atoms with Gasteiger partial charge in [-0.15, -0.1) is 0 Å². The second-order valence-electron chi connectivity index (χ2n) is 6.24. The molecule has 0 saturated carbocycles. The summed E-state index contributed by atoms with van der Waals surface area (Å²) in [7, 11) is 4.08. The molecule has 0 bridgehead atoms. The first-order chi connectivity index (χ1) is 10.7. The first kappa shape index (κ1) is 15.3. The number of hydrogen-bond acceptors (Lipinski definition) is 4. The summed E-state index contributed by atoms with van der Waals surface area (Å²) in [5.74, 6) is 0.130. The number of hydrogen-bond donors (Lipinski definition) is 1. The molecule has 5 nitrogen and oxygen atoms in total. The van der Waals surface area contributed by atoms with Crippen molar-refractivity contribution in [2.45, 2.75) is 25.0 Å². The van der Waals surface area contributed by atoms with E-state index in [9.17, 15) is 4.79 Å². The van der Waals surface area contributed by atoms with Gasteiger partial charge in [-0.05, 0) is 30.5 Å². The highest BCUT2D eigenvalue weighted by atomic mass is 16.5. The summed E-state index contributed by atoms with van der Waals surface area (Å²) >= 11 is 0. The van der Waals surface area contributed by atoms with Gasteiger partial charge in [0.1, 0.15) is 6.10 Å². The van der Waals surface area contributed by atoms with E-state index in [-0.39, 0.29) is 18.1 Å². The van der Waals surface area contributed by atoms with Gasteiger partial charge in [0, 0.05) is 39.4 Å². The largest absolute Gasteiger partial charge is 0.378 e. The van der Waals surface area contributed by atoms with Gasteiger partial charge in [0.05, 0.1) is 12.6 Å². The normalized spacial score (nSPS) is 25.3. The van der Waals surface area contributed by atoms with Crippen LogP contribution in [0.4, 0.5) is 5.69 Å². The smallest absolute Gasteiger partial charge is 0.253 e. The Kier molecular flexibility index (Phi) is 4.64. The van der Waals surface area contributed by atoms with E-state index >= 15 is 0 Å². The number of amides is 1. The number of benzene rings is 1. The first-order valence-electron chi connectivity index (χ1n) is 8.07. The molecule has 2 unspecified atom stereocenters. The number of carbonyl (C=O) groups excluding carboxylic acids is 1. The lowest BCUT2D eigenvalue weighted by Gasteiger charge is -2.31. The van der Waals surface area contributed by atoms with Gasteiger partial charge in [-0.25, -0.2) is 0 Å². The van der Waals surface area contributed by atoms with E-state index in [4.69, 9.17) is 4.74 Å². The molecule has 2 atom stereocenters. The van der Waals surface area contributed by atoms with Crippen LogP contribution in [0.1, 0.15) is 24.4 Å². The van der Waals surface area contributed by atoms with Gasteiger partial charge in [-0.2, -0.15) is 0 Å². The highest BCUT2D eigenvalue weighted by Gasteiger charge is 2.35. The summed E-state index contributed by atoms with van der Waals surface area (Å²) < 4.78 is 5.64. The highest BCUT2D eigenvalue weighted by molar-refractivity contribution is 5.82. The zero-order valence-corrected chi connectivity index (χ0v) is 13.4. The van der Waals surface area contributed by atoms with Gasteiger partial charge in [-0.1, -0.05) is 12.1 Å². The average molecular weight is 303 g/mol. The molecule has 22 heavy (non-hydrogen) atoms. The molecule has 2 aliphatic rings. The molecule has 0 aliphatic carbocycles. The summed E-state index contributed by atoms with van der Waals surface area (Å²) in [5.41, 5.74) is 2.40. The van der Waals surface area contributed by atoms with E-state index in [1.54, 1.807) is 0 Å². The lowest BCUT2D eigenvalue weighted by Crippen LogP contribution is -2.49. The molecular weight excluding hydrogens is 278 g/mol. The number of rotatable bonds is 3. The summed E-state index contributed by atoms with van der Waals surface area (Å²) in [6, 6.07) is 8.67. The quantitative estimate of drug-likeness (QED) is 0.917. The molecule has 0 spiro atoms. The molecule has 0 aromatic heterocycles. The van der Waals surface area contributed by atoms with Crippen molar-refractivity contribution in [3.8, 4) is 0 Å². The van der Waals surface area contributed by atoms with Gasteiger partial charge in [0.15, 0.2) is 0 Å². The molecule has 3 rings (SSSR count). The molecule has 1 N–H and O–H groups in total. The molecular formula is C17H25N3O2. The van der Waals surface area contributed by atoms with Crippen LogP contribution in [0.15, 0.2) is 24.3 Å². The molecule has 1 aromatic carbocycles. The minimum atomic E-state index is -0.327. The average Bonchev–Trinajstić information content (AvgIpc) is 3.04. The van der Waals surface area contributed by atoms with E-state index in [0.29, 0.717) is 13.2 Å². The predicted molar refractivity (Wildman–Crippen MR) is 87.1 cm³/mol. The number of morpholine rings is 1. The minimum Gasteiger partial charge on any atom is -0.378 e. The van der Waals surface area contributed by atoms with Gasteiger partial charge in [-0.3, -0.25) is 4.79 Å². The van der Waals surface area contributed by atoms with Crippen molar-refractivity contribution < 1.29 is 9.53 Å². The van der Waals surface area contributed by atoms with Crippen LogP contribution in [0, 0.1) is 0 Å². The molecule has 5 heteroatoms. The third-order valence-electron chi connectivity index (χ3n) is 4.51. The van der Waals surface area contributed by atoms with Crippen molar-refractivity contribution in [2.75, 3.05) is 45.2 Å². The Morgan fingerprint density at radius 3 is 3.00 bits per heavy atom. The van der Waals surface area contributed by atoms with E-state index in [2.05, 4.69) is 34.5 Å². The van der Waals surface area contributed by atoms with Crippen molar-refractivity contribution in [1.29, 1.82) is 0 Å². The molecule has 2 fully saturated rings. The van der Waals surface area contributed by atoms with Crippen LogP contribution in [-0.2, 0) is 9.53 Å². The third-order valence-corrected chi connectivity index (χ3v) is 4.51. The van der Waals surface area contributed by atoms with Gasteiger partial charge in [0.25, 0.3) is 5.91 Å². The van der Waals surface area contributed by atoms with Crippen LogP contribution in [0.5, 0.6) is 0 Å². The molecule has 1 amide bonds. The second-order valence-corrected chi connectivity index (χ2v) is 6.24. The van der Waals surface area contributed by atoms with Gasteiger partial charge in [0.2, 0.25) is 0 Å². The van der Waals surface area contributed by atoms with E-state index in [0.717, 1.165) is 25.9 Å². The van der Waals surface area contributed by atoms with Crippen LogP contribution in [0.3, 0.4) is 0 Å². The molecule has 120 valence electrons. The summed E-state index contributed by atoms with van der Waals surface area (Å²) in [4.78, 5) is 16.9. The van der Waals surface area contributed by atoms with Crippen LogP contribution in [0.2, 0.25) is 0 Å². The van der Waals surface area contributed by atoms with E-state index in [1.165, 1.54) is 11.3 Å². The fraction of sp³-hybridized carbons (Fsp3) is 0.588. The zero-order valence-electron chi connectivity index (χ0n) is 13.4. The minimum absolute atomic E-state index is 0.130. The lowest BCUT2D eigenvalue weighted by atomic mass is 10.0. The zero-order chi connectivity index (χ0) is 15.5. The Hall–Kier alpha value is -1.59. The summed E-state index contributed by atoms with van der Waals surface area (Å²) in [5, 5.41) is 3.24. The van der Waals surface area contributed by atoms with Crippen molar-refractivity contribution in [1.82, 2.24) is 10.2 Å². The van der Waals surface area contributed by atoms with Crippen LogP contribution in [-0.4, -0.2) is 57.2 Å². The number of anilines is 1. The van der Waals surface area contributed by atoms with Crippen molar-refractivity contribution in [3.05, 3.63) is 29.8 Å². The summed E-state index contributed by atoms with van der Waals surface area (Å²) in [6.45, 7) is 2.90. The third kappa shape index (κ3) is 3.10. The SMILES string of the molecule is CN(C)c1cccc(C2CCCN2C(=O)C2CNCCO2)c1. The number of carbonyl (C=O) groups is 1. The Morgan fingerprint density at radius 1 is 1.41 bits per heavy atom. The maximum atomic E-state index is 12.8. The lowest BCUT2D eigenvalue weighted by molar-refractivity contribution is -0.146. The Labute approximate surface area is 132 Å². The monoisotopic (exact) mass is 303 g/mol. The number of nitrogens with zero attached hydrogens (tertiary/aromatic N) is 2. The molecule has 0 radical (unpaired) electrons. The summed E-state index contributed by atoms with van der Waals surface area (Å²) in [6.07, 6.45) is 1.76. The van der Waals surface area contributed by atoms with Crippen LogP contribution < -0.4 is 10.2 Å². The predicted octanol–water partition coefficient (Wildman–Crippen LogP) is 1.40. The van der Waals surface area contributed by atoms with Crippen LogP contribution >= 0.6 is 0 Å². The van der Waals surface area contributed by atoms with Crippen molar-refractivity contribution in [3.63, 3.8) is 0 Å². The maximum absolute atomic E-state index is 12.8.